The first-order valence-corrected chi connectivity index (χ1v) is 7.74. The van der Waals surface area contributed by atoms with Crippen molar-refractivity contribution in [2.45, 2.75) is 31.6 Å². The third-order valence-electron chi connectivity index (χ3n) is 3.73. The predicted octanol–water partition coefficient (Wildman–Crippen LogP) is 2.00. The lowest BCUT2D eigenvalue weighted by Crippen LogP contribution is -2.37. The zero-order chi connectivity index (χ0) is 14.9. The molecule has 0 spiro atoms. The lowest BCUT2D eigenvalue weighted by atomic mass is 10.1. The summed E-state index contributed by atoms with van der Waals surface area (Å²) >= 11 is 3.59. The van der Waals surface area contributed by atoms with E-state index in [1.807, 2.05) is 18.2 Å². The highest BCUT2D eigenvalue weighted by molar-refractivity contribution is 9.10. The number of anilines is 1. The number of hydrogen-bond donors (Lipinski definition) is 2. The molecule has 112 valence electrons. The van der Waals surface area contributed by atoms with Crippen LogP contribution in [0.3, 0.4) is 0 Å². The number of benzene rings is 1. The maximum Gasteiger partial charge on any atom is 0.0762 e. The summed E-state index contributed by atoms with van der Waals surface area (Å²) in [4.78, 5) is 4.40. The number of rotatable bonds is 4. The summed E-state index contributed by atoms with van der Waals surface area (Å²) in [5.74, 6) is 0. The molecule has 0 amide bonds. The monoisotopic (exact) mass is 342 g/mol. The smallest absolute Gasteiger partial charge is 0.0762 e. The molecule has 0 aromatic heterocycles. The second kappa shape index (κ2) is 6.43. The Hall–Kier alpha value is -0.620. The molecule has 1 aromatic carbocycles. The van der Waals surface area contributed by atoms with Gasteiger partial charge in [-0.15, -0.1) is 0 Å². The summed E-state index contributed by atoms with van der Waals surface area (Å²) in [7, 11) is 4.10. The van der Waals surface area contributed by atoms with Gasteiger partial charge in [0.2, 0.25) is 0 Å². The molecule has 1 heterocycles. The summed E-state index contributed by atoms with van der Waals surface area (Å²) in [5, 5.41) is 19.6. The Balaban J connectivity index is 2.25. The van der Waals surface area contributed by atoms with E-state index in [2.05, 4.69) is 39.8 Å². The van der Waals surface area contributed by atoms with Crippen LogP contribution in [0, 0.1) is 0 Å². The molecule has 1 aliphatic rings. The summed E-state index contributed by atoms with van der Waals surface area (Å²) in [5.41, 5.74) is 1.97. The van der Waals surface area contributed by atoms with Crippen molar-refractivity contribution in [1.82, 2.24) is 4.90 Å². The molecule has 20 heavy (non-hydrogen) atoms. The molecule has 4 nitrogen and oxygen atoms in total. The standard InChI is InChI=1S/C15H23BrN2O2/c1-10(19)11-4-5-15(14(16)6-11)18-9-13(20)7-12(18)8-17(2)3/h4-6,10,12-13,19-20H,7-9H2,1-3H3. The van der Waals surface area contributed by atoms with Gasteiger partial charge < -0.3 is 20.0 Å². The van der Waals surface area contributed by atoms with Crippen LogP contribution in [0.4, 0.5) is 5.69 Å². The highest BCUT2D eigenvalue weighted by Gasteiger charge is 2.32. The minimum absolute atomic E-state index is 0.275. The number of halogens is 1. The van der Waals surface area contributed by atoms with E-state index < -0.39 is 6.10 Å². The average molecular weight is 343 g/mol. The van der Waals surface area contributed by atoms with Crippen molar-refractivity contribution in [3.05, 3.63) is 28.2 Å². The van der Waals surface area contributed by atoms with Crippen LogP contribution >= 0.6 is 15.9 Å². The molecule has 1 aromatic rings. The highest BCUT2D eigenvalue weighted by Crippen LogP contribution is 2.34. The normalized spacial score (nSPS) is 24.4. The molecule has 0 radical (unpaired) electrons. The fourth-order valence-electron chi connectivity index (χ4n) is 2.80. The van der Waals surface area contributed by atoms with Crippen LogP contribution in [-0.4, -0.2) is 54.4 Å². The summed E-state index contributed by atoms with van der Waals surface area (Å²) < 4.78 is 0.966. The average Bonchev–Trinajstić information content (AvgIpc) is 2.68. The zero-order valence-electron chi connectivity index (χ0n) is 12.3. The SMILES string of the molecule is CC(O)c1ccc(N2CC(O)CC2CN(C)C)c(Br)c1. The predicted molar refractivity (Wildman–Crippen MR) is 85.1 cm³/mol. The van der Waals surface area contributed by atoms with Crippen molar-refractivity contribution in [3.63, 3.8) is 0 Å². The second-order valence-electron chi connectivity index (χ2n) is 5.84. The van der Waals surface area contributed by atoms with Crippen LogP contribution in [0.5, 0.6) is 0 Å². The third kappa shape index (κ3) is 3.52. The Kier molecular flexibility index (Phi) is 5.07. The molecule has 0 aliphatic carbocycles. The molecular formula is C15H23BrN2O2. The maximum atomic E-state index is 9.96. The quantitative estimate of drug-likeness (QED) is 0.878. The van der Waals surface area contributed by atoms with Gasteiger partial charge in [0, 0.05) is 23.6 Å². The number of likely N-dealkylation sites (N-methyl/N-ethyl adjacent to an activating group) is 1. The molecule has 0 saturated carbocycles. The van der Waals surface area contributed by atoms with E-state index in [0.717, 1.165) is 28.7 Å². The van der Waals surface area contributed by atoms with Crippen molar-refractivity contribution in [1.29, 1.82) is 0 Å². The number of nitrogens with zero attached hydrogens (tertiary/aromatic N) is 2. The molecule has 1 fully saturated rings. The topological polar surface area (TPSA) is 46.9 Å². The van der Waals surface area contributed by atoms with Crippen LogP contribution < -0.4 is 4.90 Å². The lowest BCUT2D eigenvalue weighted by molar-refractivity contribution is 0.191. The summed E-state index contributed by atoms with van der Waals surface area (Å²) in [6.07, 6.45) is 0.0494. The molecule has 3 unspecified atom stereocenters. The van der Waals surface area contributed by atoms with Gasteiger partial charge in [0.05, 0.1) is 17.9 Å². The van der Waals surface area contributed by atoms with E-state index in [9.17, 15) is 10.2 Å². The van der Waals surface area contributed by atoms with Crippen LogP contribution in [0.1, 0.15) is 25.0 Å². The third-order valence-corrected chi connectivity index (χ3v) is 4.37. The molecule has 1 saturated heterocycles. The van der Waals surface area contributed by atoms with E-state index >= 15 is 0 Å². The fraction of sp³-hybridized carbons (Fsp3) is 0.600. The Morgan fingerprint density at radius 2 is 2.15 bits per heavy atom. The van der Waals surface area contributed by atoms with Gasteiger partial charge in [-0.1, -0.05) is 6.07 Å². The minimum atomic E-state index is -0.470. The first-order chi connectivity index (χ1) is 9.38. The van der Waals surface area contributed by atoms with E-state index in [0.29, 0.717) is 12.6 Å². The Morgan fingerprint density at radius 1 is 1.45 bits per heavy atom. The summed E-state index contributed by atoms with van der Waals surface area (Å²) in [6, 6.07) is 6.24. The molecular weight excluding hydrogens is 320 g/mol. The van der Waals surface area contributed by atoms with E-state index in [1.165, 1.54) is 0 Å². The van der Waals surface area contributed by atoms with Crippen molar-refractivity contribution in [2.24, 2.45) is 0 Å². The van der Waals surface area contributed by atoms with Gasteiger partial charge in [-0.3, -0.25) is 0 Å². The van der Waals surface area contributed by atoms with Crippen molar-refractivity contribution in [2.75, 3.05) is 32.1 Å². The van der Waals surface area contributed by atoms with Gasteiger partial charge in [0.15, 0.2) is 0 Å². The van der Waals surface area contributed by atoms with E-state index in [4.69, 9.17) is 0 Å². The molecule has 2 rings (SSSR count). The Labute approximate surface area is 129 Å². The van der Waals surface area contributed by atoms with Crippen molar-refractivity contribution in [3.8, 4) is 0 Å². The number of aliphatic hydroxyl groups is 2. The Morgan fingerprint density at radius 3 is 2.70 bits per heavy atom. The molecule has 3 atom stereocenters. The molecule has 1 aliphatic heterocycles. The molecule has 2 N–H and O–H groups in total. The molecule has 5 heteroatoms. The minimum Gasteiger partial charge on any atom is -0.391 e. The van der Waals surface area contributed by atoms with Crippen molar-refractivity contribution < 1.29 is 10.2 Å². The van der Waals surface area contributed by atoms with Gasteiger partial charge in [0.25, 0.3) is 0 Å². The van der Waals surface area contributed by atoms with Crippen LogP contribution in [-0.2, 0) is 0 Å². The first-order valence-electron chi connectivity index (χ1n) is 6.95. The number of β-amino-alcohol motifs (C(OH)–C–C–N with tert-alkyl or cyclic N) is 1. The maximum absolute atomic E-state index is 9.96. The van der Waals surface area contributed by atoms with Crippen LogP contribution in [0.2, 0.25) is 0 Å². The van der Waals surface area contributed by atoms with Gasteiger partial charge in [-0.25, -0.2) is 0 Å². The highest BCUT2D eigenvalue weighted by atomic mass is 79.9. The second-order valence-corrected chi connectivity index (χ2v) is 6.70. The van der Waals surface area contributed by atoms with Crippen molar-refractivity contribution >= 4 is 21.6 Å². The van der Waals surface area contributed by atoms with E-state index in [1.54, 1.807) is 6.92 Å². The van der Waals surface area contributed by atoms with E-state index in [-0.39, 0.29) is 6.10 Å². The van der Waals surface area contributed by atoms with Crippen LogP contribution in [0.15, 0.2) is 22.7 Å². The number of hydrogen-bond acceptors (Lipinski definition) is 4. The van der Waals surface area contributed by atoms with Gasteiger partial charge in [-0.2, -0.15) is 0 Å². The largest absolute Gasteiger partial charge is 0.391 e. The summed E-state index contributed by atoms with van der Waals surface area (Å²) in [6.45, 7) is 3.34. The van der Waals surface area contributed by atoms with Crippen LogP contribution in [0.25, 0.3) is 0 Å². The first kappa shape index (κ1) is 15.8. The zero-order valence-corrected chi connectivity index (χ0v) is 13.8. The molecule has 0 bridgehead atoms. The van der Waals surface area contributed by atoms with Gasteiger partial charge in [-0.05, 0) is 61.1 Å². The van der Waals surface area contributed by atoms with Gasteiger partial charge in [0.1, 0.15) is 0 Å². The van der Waals surface area contributed by atoms with Gasteiger partial charge >= 0.3 is 0 Å². The number of aliphatic hydroxyl groups excluding tert-OH is 2. The fourth-order valence-corrected chi connectivity index (χ4v) is 3.42. The Bertz CT molecular complexity index is 465. The lowest BCUT2D eigenvalue weighted by Gasteiger charge is -2.29.